The molecule has 5 N–H and O–H groups in total. The Morgan fingerprint density at radius 1 is 1.32 bits per heavy atom. The highest BCUT2D eigenvalue weighted by molar-refractivity contribution is 7.58. The normalized spacial score (nSPS) is 27.9. The third-order valence-corrected chi connectivity index (χ3v) is 5.72. The minimum atomic E-state index is -5.88. The molecule has 0 saturated carbocycles. The molecule has 28 heavy (non-hydrogen) atoms. The highest BCUT2D eigenvalue weighted by Crippen LogP contribution is 2.50. The van der Waals surface area contributed by atoms with Crippen molar-refractivity contribution < 1.29 is 47.6 Å². The molecule has 5 atom stereocenters. The van der Waals surface area contributed by atoms with Gasteiger partial charge in [0.25, 0.3) is 13.4 Å². The number of rotatable bonds is 6. The van der Waals surface area contributed by atoms with Crippen LogP contribution in [0.2, 0.25) is 0 Å². The summed E-state index contributed by atoms with van der Waals surface area (Å²) in [6.07, 6.45) is -5.14. The Morgan fingerprint density at radius 3 is 2.64 bits per heavy atom. The number of aliphatic hydroxyl groups excluding tert-OH is 2. The zero-order chi connectivity index (χ0) is 20.9. The molecule has 0 radical (unpaired) electrons. The van der Waals surface area contributed by atoms with E-state index in [2.05, 4.69) is 23.8 Å². The molecule has 16 nitrogen and oxygen atoms in total. The molecule has 18 heteroatoms. The molecule has 3 heterocycles. The van der Waals surface area contributed by atoms with Crippen molar-refractivity contribution in [2.24, 2.45) is 0 Å². The molecule has 3 rings (SSSR count). The van der Waals surface area contributed by atoms with Crippen LogP contribution in [0.4, 0.5) is 5.95 Å². The van der Waals surface area contributed by atoms with Gasteiger partial charge in [-0.05, 0) is 0 Å². The number of nitrogen functional groups attached to an aromatic ring is 1. The highest BCUT2D eigenvalue weighted by Gasteiger charge is 2.45. The molecular formula is C10H12N5O11P2-3. The average Bonchev–Trinajstić information content (AvgIpc) is 3.06. The maximum atomic E-state index is 11.8. The predicted octanol–water partition coefficient (Wildman–Crippen LogP) is -4.35. The molecule has 1 aliphatic rings. The molecule has 2 aromatic rings. The van der Waals surface area contributed by atoms with Crippen LogP contribution >= 0.6 is 15.6 Å². The van der Waals surface area contributed by atoms with Gasteiger partial charge in [-0.1, -0.05) is 0 Å². The van der Waals surface area contributed by atoms with Gasteiger partial charge in [-0.3, -0.25) is 23.2 Å². The van der Waals surface area contributed by atoms with Crippen molar-refractivity contribution in [1.82, 2.24) is 19.5 Å². The van der Waals surface area contributed by atoms with Gasteiger partial charge in [-0.2, -0.15) is 4.98 Å². The fourth-order valence-corrected chi connectivity index (χ4v) is 4.03. The van der Waals surface area contributed by atoms with Crippen LogP contribution in [-0.4, -0.2) is 54.7 Å². The van der Waals surface area contributed by atoms with Gasteiger partial charge >= 0.3 is 0 Å². The van der Waals surface area contributed by atoms with E-state index in [4.69, 9.17) is 10.5 Å². The largest absolute Gasteiger partial charge is 0.790 e. The number of nitrogens with one attached hydrogen (secondary N) is 1. The van der Waals surface area contributed by atoms with Crippen molar-refractivity contribution in [3.8, 4) is 0 Å². The summed E-state index contributed by atoms with van der Waals surface area (Å²) in [5, 5.41) is 20.2. The van der Waals surface area contributed by atoms with Crippen LogP contribution in [0.15, 0.2) is 11.1 Å². The first-order chi connectivity index (χ1) is 12.9. The van der Waals surface area contributed by atoms with Crippen molar-refractivity contribution in [3.05, 3.63) is 16.7 Å². The summed E-state index contributed by atoms with van der Waals surface area (Å²) in [6, 6.07) is 0. The fraction of sp³-hybridized carbons (Fsp3) is 0.500. The van der Waals surface area contributed by atoms with E-state index in [1.54, 1.807) is 0 Å². The summed E-state index contributed by atoms with van der Waals surface area (Å²) in [7, 11) is -11.4. The number of nitrogens with zero attached hydrogens (tertiary/aromatic N) is 3. The molecule has 0 aromatic carbocycles. The number of ether oxygens (including phenoxy) is 1. The van der Waals surface area contributed by atoms with Crippen LogP contribution in [0.5, 0.6) is 0 Å². The lowest BCUT2D eigenvalue weighted by molar-refractivity contribution is -0.339. The van der Waals surface area contributed by atoms with Crippen LogP contribution < -0.4 is 26.0 Å². The number of phosphoric ester groups is 1. The third kappa shape index (κ3) is 4.31. The van der Waals surface area contributed by atoms with Gasteiger partial charge < -0.3 is 44.5 Å². The summed E-state index contributed by atoms with van der Waals surface area (Å²) < 4.78 is 35.5. The molecular weight excluding hydrogens is 428 g/mol. The Morgan fingerprint density at radius 2 is 2.00 bits per heavy atom. The number of fused-ring (bicyclic) bond motifs is 1. The molecule has 0 bridgehead atoms. The first-order valence-electron chi connectivity index (χ1n) is 7.31. The SMILES string of the molecule is Nc1nc2c(ncn2C2OC(COP(=O)([O-])OP(=O)([O-])[O-])C(O)C2O)c(=O)[nH]1. The maximum absolute atomic E-state index is 11.8. The Hall–Kier alpha value is -1.71. The molecule has 2 aromatic heterocycles. The second-order valence-corrected chi connectivity index (χ2v) is 8.29. The van der Waals surface area contributed by atoms with Gasteiger partial charge in [-0.25, -0.2) is 4.98 Å². The van der Waals surface area contributed by atoms with Crippen molar-refractivity contribution in [2.45, 2.75) is 24.5 Å². The average molecular weight is 440 g/mol. The van der Waals surface area contributed by atoms with E-state index in [0.717, 1.165) is 10.9 Å². The number of aromatic nitrogens is 4. The minimum Gasteiger partial charge on any atom is -0.790 e. The van der Waals surface area contributed by atoms with E-state index in [0.29, 0.717) is 0 Å². The first kappa shape index (κ1) is 21.0. The summed E-state index contributed by atoms with van der Waals surface area (Å²) in [4.78, 5) is 53.7. The molecule has 1 fully saturated rings. The van der Waals surface area contributed by atoms with E-state index in [1.165, 1.54) is 0 Å². The highest BCUT2D eigenvalue weighted by atomic mass is 31.3. The summed E-state index contributed by atoms with van der Waals surface area (Å²) in [5.41, 5.74) is 4.56. The second-order valence-electron chi connectivity index (χ2n) is 5.59. The number of imidazole rings is 1. The quantitative estimate of drug-likeness (QED) is 0.309. The number of phosphoric acid groups is 2. The lowest BCUT2D eigenvalue weighted by Gasteiger charge is -2.35. The molecule has 5 unspecified atom stereocenters. The van der Waals surface area contributed by atoms with Crippen molar-refractivity contribution >= 4 is 32.8 Å². The van der Waals surface area contributed by atoms with E-state index in [-0.39, 0.29) is 17.1 Å². The number of hydrogen-bond donors (Lipinski definition) is 4. The van der Waals surface area contributed by atoms with E-state index < -0.39 is 52.4 Å². The third-order valence-electron chi connectivity index (χ3n) is 3.66. The van der Waals surface area contributed by atoms with Gasteiger partial charge in [0, 0.05) is 0 Å². The smallest absolute Gasteiger partial charge is 0.280 e. The molecule has 1 saturated heterocycles. The first-order valence-corrected chi connectivity index (χ1v) is 10.2. The standard InChI is InChI=1S/C10H15N5O11P2/c11-10-13-7-4(8(18)14-10)12-2-15(7)9-6(17)5(16)3(25-9)1-24-28(22,23)26-27(19,20)21/h2-3,5-6,9,16-17H,1H2,(H,22,23)(H2,19,20,21)(H3,11,13,14,18)/p-3. The van der Waals surface area contributed by atoms with Crippen LogP contribution in [-0.2, 0) is 22.7 Å². The molecule has 0 spiro atoms. The molecule has 0 amide bonds. The maximum Gasteiger partial charge on any atom is 0.280 e. The van der Waals surface area contributed by atoms with Gasteiger partial charge in [0.1, 0.15) is 18.3 Å². The van der Waals surface area contributed by atoms with Gasteiger partial charge in [0.05, 0.1) is 20.8 Å². The molecule has 0 aliphatic carbocycles. The zero-order valence-electron chi connectivity index (χ0n) is 13.5. The van der Waals surface area contributed by atoms with Crippen molar-refractivity contribution in [1.29, 1.82) is 0 Å². The zero-order valence-corrected chi connectivity index (χ0v) is 15.3. The van der Waals surface area contributed by atoms with Gasteiger partial charge in [-0.15, -0.1) is 0 Å². The number of H-pyrrole nitrogens is 1. The fourth-order valence-electron chi connectivity index (χ4n) is 2.54. The monoisotopic (exact) mass is 440 g/mol. The topological polar surface area (TPSA) is 261 Å². The van der Waals surface area contributed by atoms with Crippen LogP contribution in [0.25, 0.3) is 11.2 Å². The molecule has 156 valence electrons. The van der Waals surface area contributed by atoms with E-state index in [9.17, 15) is 38.8 Å². The Kier molecular flexibility index (Phi) is 5.46. The Labute approximate surface area is 154 Å². The summed E-state index contributed by atoms with van der Waals surface area (Å²) >= 11 is 0. The summed E-state index contributed by atoms with van der Waals surface area (Å²) in [6.45, 7) is -0.988. The second kappa shape index (κ2) is 7.27. The van der Waals surface area contributed by atoms with E-state index in [1.807, 2.05) is 0 Å². The predicted molar refractivity (Wildman–Crippen MR) is 80.7 cm³/mol. The van der Waals surface area contributed by atoms with Gasteiger partial charge in [0.2, 0.25) is 5.95 Å². The lowest BCUT2D eigenvalue weighted by atomic mass is 10.1. The van der Waals surface area contributed by atoms with Crippen LogP contribution in [0.1, 0.15) is 6.23 Å². The Bertz CT molecular complexity index is 1030. The van der Waals surface area contributed by atoms with Crippen molar-refractivity contribution in [3.63, 3.8) is 0 Å². The van der Waals surface area contributed by atoms with Crippen LogP contribution in [0, 0.1) is 0 Å². The minimum absolute atomic E-state index is 0.0875. The Balaban J connectivity index is 1.79. The van der Waals surface area contributed by atoms with E-state index >= 15 is 0 Å². The van der Waals surface area contributed by atoms with Gasteiger partial charge in [0.15, 0.2) is 17.4 Å². The van der Waals surface area contributed by atoms with Crippen LogP contribution in [0.3, 0.4) is 0 Å². The van der Waals surface area contributed by atoms with Crippen molar-refractivity contribution in [2.75, 3.05) is 12.3 Å². The number of nitrogens with two attached hydrogens (primary N) is 1. The number of anilines is 1. The summed E-state index contributed by atoms with van der Waals surface area (Å²) in [5.74, 6) is -0.253. The number of hydrogen-bond acceptors (Lipinski definition) is 14. The lowest BCUT2D eigenvalue weighted by Crippen LogP contribution is -2.34. The molecule has 1 aliphatic heterocycles. The number of aliphatic hydroxyl groups is 2. The number of aromatic amines is 1.